The van der Waals surface area contributed by atoms with Gasteiger partial charge in [-0.2, -0.15) is 11.8 Å². The Labute approximate surface area is 117 Å². The molecule has 0 spiro atoms. The van der Waals surface area contributed by atoms with E-state index in [2.05, 4.69) is 5.16 Å². The molecule has 6 heteroatoms. The zero-order valence-electron chi connectivity index (χ0n) is 11.5. The fourth-order valence-electron chi connectivity index (χ4n) is 2.34. The number of aromatic nitrogens is 1. The molecular formula is C13H21N3O2S. The average molecular weight is 283 g/mol. The molecule has 0 bridgehead atoms. The van der Waals surface area contributed by atoms with Crippen molar-refractivity contribution >= 4 is 17.7 Å². The van der Waals surface area contributed by atoms with E-state index >= 15 is 0 Å². The van der Waals surface area contributed by atoms with Crippen LogP contribution in [0.2, 0.25) is 0 Å². The number of thioether (sulfide) groups is 1. The Bertz CT molecular complexity index is 428. The molecule has 0 radical (unpaired) electrons. The van der Waals surface area contributed by atoms with Gasteiger partial charge in [-0.25, -0.2) is 0 Å². The van der Waals surface area contributed by atoms with Gasteiger partial charge in [-0.1, -0.05) is 5.16 Å². The maximum atomic E-state index is 11.6. The zero-order valence-corrected chi connectivity index (χ0v) is 12.3. The van der Waals surface area contributed by atoms with Crippen LogP contribution in [0.4, 0.5) is 0 Å². The number of carbonyl (C=O) groups excluding carboxylic acids is 1. The van der Waals surface area contributed by atoms with E-state index in [1.54, 1.807) is 0 Å². The lowest BCUT2D eigenvalue weighted by Crippen LogP contribution is -2.43. The summed E-state index contributed by atoms with van der Waals surface area (Å²) in [4.78, 5) is 13.5. The van der Waals surface area contributed by atoms with E-state index in [1.807, 2.05) is 30.5 Å². The lowest BCUT2D eigenvalue weighted by molar-refractivity contribution is -0.130. The molecular weight excluding hydrogens is 262 g/mol. The molecule has 5 nitrogen and oxygen atoms in total. The predicted molar refractivity (Wildman–Crippen MR) is 75.9 cm³/mol. The van der Waals surface area contributed by atoms with Gasteiger partial charge in [-0.05, 0) is 26.7 Å². The number of nitrogens with zero attached hydrogens (tertiary/aromatic N) is 2. The molecule has 1 fully saturated rings. The third-order valence-corrected chi connectivity index (χ3v) is 4.86. The molecule has 0 saturated carbocycles. The fraction of sp³-hybridized carbons (Fsp3) is 0.692. The van der Waals surface area contributed by atoms with Crippen LogP contribution in [0.1, 0.15) is 29.9 Å². The summed E-state index contributed by atoms with van der Waals surface area (Å²) in [7, 11) is 0. The first-order chi connectivity index (χ1) is 9.11. The van der Waals surface area contributed by atoms with Gasteiger partial charge in [0.15, 0.2) is 0 Å². The highest BCUT2D eigenvalue weighted by atomic mass is 32.2. The van der Waals surface area contributed by atoms with E-state index in [4.69, 9.17) is 10.3 Å². The molecule has 0 aliphatic carbocycles. The highest BCUT2D eigenvalue weighted by molar-refractivity contribution is 7.99. The van der Waals surface area contributed by atoms with E-state index in [0.717, 1.165) is 43.1 Å². The van der Waals surface area contributed by atoms with Crippen molar-refractivity contribution in [2.75, 3.05) is 19.6 Å². The van der Waals surface area contributed by atoms with Crippen molar-refractivity contribution < 1.29 is 9.32 Å². The normalized spacial score (nSPS) is 19.7. The summed E-state index contributed by atoms with van der Waals surface area (Å²) in [5.74, 6) is 1.86. The first kappa shape index (κ1) is 14.4. The van der Waals surface area contributed by atoms with Crippen molar-refractivity contribution in [3.63, 3.8) is 0 Å². The monoisotopic (exact) mass is 283 g/mol. The molecule has 2 rings (SSSR count). The van der Waals surface area contributed by atoms with Crippen molar-refractivity contribution in [2.45, 2.75) is 37.7 Å². The molecule has 2 N–H and O–H groups in total. The molecule has 1 unspecified atom stereocenters. The number of amides is 1. The Kier molecular flexibility index (Phi) is 4.87. The van der Waals surface area contributed by atoms with Gasteiger partial charge in [0.05, 0.1) is 12.2 Å². The molecule has 1 amide bonds. The first-order valence-electron chi connectivity index (χ1n) is 6.63. The van der Waals surface area contributed by atoms with E-state index in [-0.39, 0.29) is 12.5 Å². The second-order valence-corrected chi connectivity index (χ2v) is 6.21. The van der Waals surface area contributed by atoms with Gasteiger partial charge in [-0.15, -0.1) is 0 Å². The topological polar surface area (TPSA) is 72.4 Å². The molecule has 1 aliphatic heterocycles. The Morgan fingerprint density at radius 3 is 3.00 bits per heavy atom. The molecule has 1 saturated heterocycles. The molecule has 1 aliphatic rings. The van der Waals surface area contributed by atoms with Gasteiger partial charge >= 0.3 is 0 Å². The Hall–Kier alpha value is -1.01. The highest BCUT2D eigenvalue weighted by Gasteiger charge is 2.23. The minimum absolute atomic E-state index is 0.0580. The van der Waals surface area contributed by atoms with Gasteiger partial charge in [0.25, 0.3) is 0 Å². The fourth-order valence-corrected chi connectivity index (χ4v) is 3.77. The molecule has 0 aromatic carbocycles. The van der Waals surface area contributed by atoms with Crippen molar-refractivity contribution in [1.82, 2.24) is 10.1 Å². The van der Waals surface area contributed by atoms with E-state index < -0.39 is 0 Å². The van der Waals surface area contributed by atoms with Gasteiger partial charge in [-0.3, -0.25) is 4.79 Å². The number of piperidine rings is 1. The third kappa shape index (κ3) is 3.51. The number of hydrogen-bond acceptors (Lipinski definition) is 5. The standard InChI is InChI=1S/C13H21N3O2S/c1-9-12(10(2)18-15-9)8-19-11-4-3-5-16(7-11)13(17)6-14/h11H,3-8,14H2,1-2H3. The van der Waals surface area contributed by atoms with Crippen LogP contribution < -0.4 is 5.73 Å². The number of likely N-dealkylation sites (tertiary alicyclic amines) is 1. The Balaban J connectivity index is 1.88. The van der Waals surface area contributed by atoms with Crippen LogP contribution >= 0.6 is 11.8 Å². The molecule has 1 aromatic rings. The first-order valence-corrected chi connectivity index (χ1v) is 7.68. The Morgan fingerprint density at radius 1 is 1.58 bits per heavy atom. The minimum atomic E-state index is 0.0580. The summed E-state index contributed by atoms with van der Waals surface area (Å²) in [6.07, 6.45) is 2.22. The van der Waals surface area contributed by atoms with Crippen molar-refractivity contribution in [2.24, 2.45) is 5.73 Å². The van der Waals surface area contributed by atoms with E-state index in [1.165, 1.54) is 5.56 Å². The number of hydrogen-bond donors (Lipinski definition) is 1. The average Bonchev–Trinajstić information content (AvgIpc) is 2.75. The number of rotatable bonds is 4. The van der Waals surface area contributed by atoms with Crippen LogP contribution in [0.25, 0.3) is 0 Å². The lowest BCUT2D eigenvalue weighted by Gasteiger charge is -2.32. The zero-order chi connectivity index (χ0) is 13.8. The second kappa shape index (κ2) is 6.43. The summed E-state index contributed by atoms with van der Waals surface area (Å²) in [6.45, 7) is 5.68. The molecule has 1 aromatic heterocycles. The number of carbonyl (C=O) groups is 1. The summed E-state index contributed by atoms with van der Waals surface area (Å²) in [5.41, 5.74) is 7.58. The molecule has 1 atom stereocenters. The Morgan fingerprint density at radius 2 is 2.37 bits per heavy atom. The van der Waals surface area contributed by atoms with E-state index in [9.17, 15) is 4.79 Å². The highest BCUT2D eigenvalue weighted by Crippen LogP contribution is 2.28. The maximum Gasteiger partial charge on any atom is 0.236 e. The van der Waals surface area contributed by atoms with Crippen LogP contribution in [-0.2, 0) is 10.5 Å². The SMILES string of the molecule is Cc1noc(C)c1CSC1CCCN(C(=O)CN)C1. The van der Waals surface area contributed by atoms with Crippen LogP contribution in [0.15, 0.2) is 4.52 Å². The number of nitrogens with two attached hydrogens (primary N) is 1. The summed E-state index contributed by atoms with van der Waals surface area (Å²) < 4.78 is 5.17. The minimum Gasteiger partial charge on any atom is -0.361 e. The maximum absolute atomic E-state index is 11.6. The summed E-state index contributed by atoms with van der Waals surface area (Å²) in [6, 6.07) is 0. The van der Waals surface area contributed by atoms with E-state index in [0.29, 0.717) is 5.25 Å². The largest absolute Gasteiger partial charge is 0.361 e. The summed E-state index contributed by atoms with van der Waals surface area (Å²) >= 11 is 1.88. The van der Waals surface area contributed by atoms with Crippen LogP contribution in [-0.4, -0.2) is 40.8 Å². The quantitative estimate of drug-likeness (QED) is 0.906. The summed E-state index contributed by atoms with van der Waals surface area (Å²) in [5, 5.41) is 4.45. The number of aryl methyl sites for hydroxylation is 2. The van der Waals surface area contributed by atoms with Crippen molar-refractivity contribution in [3.05, 3.63) is 17.0 Å². The van der Waals surface area contributed by atoms with Gasteiger partial charge in [0.2, 0.25) is 5.91 Å². The van der Waals surface area contributed by atoms with Gasteiger partial charge in [0.1, 0.15) is 5.76 Å². The third-order valence-electron chi connectivity index (χ3n) is 3.55. The second-order valence-electron chi connectivity index (χ2n) is 4.92. The van der Waals surface area contributed by atoms with Crippen LogP contribution in [0.3, 0.4) is 0 Å². The van der Waals surface area contributed by atoms with Crippen molar-refractivity contribution in [3.8, 4) is 0 Å². The van der Waals surface area contributed by atoms with Crippen LogP contribution in [0.5, 0.6) is 0 Å². The van der Waals surface area contributed by atoms with Crippen molar-refractivity contribution in [1.29, 1.82) is 0 Å². The van der Waals surface area contributed by atoms with Gasteiger partial charge < -0.3 is 15.2 Å². The predicted octanol–water partition coefficient (Wildman–Crippen LogP) is 1.47. The molecule has 106 valence electrons. The van der Waals surface area contributed by atoms with Gasteiger partial charge in [0, 0.05) is 29.7 Å². The molecule has 2 heterocycles. The van der Waals surface area contributed by atoms with Crippen LogP contribution in [0, 0.1) is 13.8 Å². The molecule has 19 heavy (non-hydrogen) atoms. The lowest BCUT2D eigenvalue weighted by atomic mass is 10.1. The smallest absolute Gasteiger partial charge is 0.236 e.